The van der Waals surface area contributed by atoms with Crippen molar-refractivity contribution in [2.45, 2.75) is 33.2 Å². The molecule has 0 radical (unpaired) electrons. The topological polar surface area (TPSA) is 120 Å². The molecule has 4 amide bonds. The number of hydrogen-bond donors (Lipinski definition) is 4. The second-order valence-corrected chi connectivity index (χ2v) is 8.14. The second kappa shape index (κ2) is 9.55. The molecule has 0 aliphatic rings. The maximum absolute atomic E-state index is 13.1. The lowest BCUT2D eigenvalue weighted by molar-refractivity contribution is -0.134. The van der Waals surface area contributed by atoms with Gasteiger partial charge in [0.05, 0.1) is 6.54 Å². The Morgan fingerprint density at radius 3 is 2.41 bits per heavy atom. The number of aromatic nitrogens is 1. The highest BCUT2D eigenvalue weighted by molar-refractivity contribution is 5.97. The van der Waals surface area contributed by atoms with E-state index in [-0.39, 0.29) is 18.9 Å². The van der Waals surface area contributed by atoms with Crippen LogP contribution in [-0.2, 0) is 16.0 Å². The Kier molecular flexibility index (Phi) is 6.82. The first-order valence-corrected chi connectivity index (χ1v) is 10.4. The summed E-state index contributed by atoms with van der Waals surface area (Å²) in [6, 6.07) is 9.98. The van der Waals surface area contributed by atoms with Crippen molar-refractivity contribution in [2.75, 3.05) is 18.9 Å². The van der Waals surface area contributed by atoms with Crippen LogP contribution in [0.25, 0.3) is 10.9 Å². The molecule has 5 N–H and O–H groups in total. The number of anilines is 1. The number of para-hydroxylation sites is 1. The number of carbonyl (C=O) groups is 3. The van der Waals surface area contributed by atoms with E-state index in [0.29, 0.717) is 0 Å². The molecule has 32 heavy (non-hydrogen) atoms. The summed E-state index contributed by atoms with van der Waals surface area (Å²) in [5.74, 6) is -0.720. The quantitative estimate of drug-likeness (QED) is 0.457. The number of nitrogens with two attached hydrogens (primary N) is 1. The lowest BCUT2D eigenvalue weighted by Crippen LogP contribution is -2.51. The molecule has 1 aromatic heterocycles. The summed E-state index contributed by atoms with van der Waals surface area (Å²) in [4.78, 5) is 41.7. The first-order valence-electron chi connectivity index (χ1n) is 10.4. The summed E-state index contributed by atoms with van der Waals surface area (Å²) >= 11 is 0. The number of nitrogens with zero attached hydrogens (tertiary/aromatic N) is 1. The van der Waals surface area contributed by atoms with Crippen molar-refractivity contribution >= 4 is 34.4 Å². The van der Waals surface area contributed by atoms with Gasteiger partial charge in [0, 0.05) is 36.3 Å². The van der Waals surface area contributed by atoms with E-state index >= 15 is 0 Å². The van der Waals surface area contributed by atoms with Crippen molar-refractivity contribution in [1.29, 1.82) is 0 Å². The third-order valence-corrected chi connectivity index (χ3v) is 5.41. The number of nitrogens with one attached hydrogen (secondary N) is 3. The number of aromatic amines is 1. The van der Waals surface area contributed by atoms with Crippen LogP contribution in [0.2, 0.25) is 0 Å². The molecule has 0 spiro atoms. The average Bonchev–Trinajstić information content (AvgIpc) is 3.12. The van der Waals surface area contributed by atoms with Crippen molar-refractivity contribution in [1.82, 2.24) is 15.2 Å². The van der Waals surface area contributed by atoms with Crippen LogP contribution in [0.4, 0.5) is 10.5 Å². The summed E-state index contributed by atoms with van der Waals surface area (Å²) < 4.78 is 0. The van der Waals surface area contributed by atoms with Crippen LogP contribution >= 0.6 is 0 Å². The van der Waals surface area contributed by atoms with E-state index in [2.05, 4.69) is 15.6 Å². The Morgan fingerprint density at radius 1 is 1.09 bits per heavy atom. The van der Waals surface area contributed by atoms with Crippen LogP contribution in [0.5, 0.6) is 0 Å². The van der Waals surface area contributed by atoms with Crippen LogP contribution in [-0.4, -0.2) is 47.4 Å². The number of benzene rings is 2. The lowest BCUT2D eigenvalue weighted by Gasteiger charge is -2.24. The molecule has 8 heteroatoms. The van der Waals surface area contributed by atoms with Crippen LogP contribution < -0.4 is 16.4 Å². The number of H-pyrrole nitrogens is 1. The predicted octanol–water partition coefficient (Wildman–Crippen LogP) is 2.77. The number of rotatable bonds is 7. The summed E-state index contributed by atoms with van der Waals surface area (Å²) in [6.45, 7) is 5.70. The van der Waals surface area contributed by atoms with E-state index in [9.17, 15) is 14.4 Å². The Morgan fingerprint density at radius 2 is 1.75 bits per heavy atom. The summed E-state index contributed by atoms with van der Waals surface area (Å²) in [5.41, 5.74) is 10.9. The number of urea groups is 1. The molecule has 0 saturated carbocycles. The molecule has 0 fully saturated rings. The van der Waals surface area contributed by atoms with Gasteiger partial charge in [-0.15, -0.1) is 0 Å². The van der Waals surface area contributed by atoms with E-state index < -0.39 is 18.0 Å². The van der Waals surface area contributed by atoms with Gasteiger partial charge in [-0.25, -0.2) is 4.79 Å². The SMILES string of the molecule is Cc1cc(C)c(NC(=O)CN(C)C(=O)[C@H](Cc2c[nH]c3ccccc23)NC(N)=O)c(C)c1. The van der Waals surface area contributed by atoms with Gasteiger partial charge < -0.3 is 26.3 Å². The van der Waals surface area contributed by atoms with E-state index in [0.717, 1.165) is 38.8 Å². The predicted molar refractivity (Wildman–Crippen MR) is 125 cm³/mol. The maximum atomic E-state index is 13.1. The minimum atomic E-state index is -0.896. The highest BCUT2D eigenvalue weighted by Gasteiger charge is 2.26. The van der Waals surface area contributed by atoms with Gasteiger partial charge in [0.15, 0.2) is 0 Å². The minimum absolute atomic E-state index is 0.156. The third-order valence-electron chi connectivity index (χ3n) is 5.41. The fourth-order valence-electron chi connectivity index (χ4n) is 4.01. The molecule has 168 valence electrons. The van der Waals surface area contributed by atoms with Crippen molar-refractivity contribution < 1.29 is 14.4 Å². The molecule has 0 aliphatic heterocycles. The Labute approximate surface area is 187 Å². The molecule has 0 aliphatic carbocycles. The number of amides is 4. The summed E-state index contributed by atoms with van der Waals surface area (Å²) in [7, 11) is 1.53. The lowest BCUT2D eigenvalue weighted by atomic mass is 10.0. The zero-order valence-electron chi connectivity index (χ0n) is 18.8. The highest BCUT2D eigenvalue weighted by Crippen LogP contribution is 2.22. The summed E-state index contributed by atoms with van der Waals surface area (Å²) in [6.07, 6.45) is 2.05. The molecule has 8 nitrogen and oxygen atoms in total. The van der Waals surface area contributed by atoms with E-state index in [1.165, 1.54) is 11.9 Å². The van der Waals surface area contributed by atoms with E-state index in [1.54, 1.807) is 0 Å². The maximum Gasteiger partial charge on any atom is 0.312 e. The largest absolute Gasteiger partial charge is 0.361 e. The Hall–Kier alpha value is -3.81. The van der Waals surface area contributed by atoms with Gasteiger partial charge in [-0.2, -0.15) is 0 Å². The first-order chi connectivity index (χ1) is 15.2. The van der Waals surface area contributed by atoms with Gasteiger partial charge >= 0.3 is 6.03 Å². The van der Waals surface area contributed by atoms with Crippen LogP contribution in [0.3, 0.4) is 0 Å². The first kappa shape index (κ1) is 22.9. The zero-order valence-corrected chi connectivity index (χ0v) is 18.8. The molecule has 2 aromatic carbocycles. The molecular weight excluding hydrogens is 406 g/mol. The molecule has 1 heterocycles. The van der Waals surface area contributed by atoms with Gasteiger partial charge in [-0.05, 0) is 43.5 Å². The fourth-order valence-corrected chi connectivity index (χ4v) is 4.01. The number of carbonyl (C=O) groups excluding carboxylic acids is 3. The minimum Gasteiger partial charge on any atom is -0.361 e. The number of primary amides is 1. The van der Waals surface area contributed by atoms with Gasteiger partial charge in [0.25, 0.3) is 0 Å². The normalized spacial score (nSPS) is 11.8. The smallest absolute Gasteiger partial charge is 0.312 e. The monoisotopic (exact) mass is 435 g/mol. The fraction of sp³-hybridized carbons (Fsp3) is 0.292. The van der Waals surface area contributed by atoms with Crippen LogP contribution in [0.15, 0.2) is 42.6 Å². The third kappa shape index (κ3) is 5.26. The van der Waals surface area contributed by atoms with Crippen LogP contribution in [0.1, 0.15) is 22.3 Å². The molecule has 1 atom stereocenters. The summed E-state index contributed by atoms with van der Waals surface area (Å²) in [5, 5.41) is 6.36. The van der Waals surface area contributed by atoms with E-state index in [4.69, 9.17) is 5.73 Å². The molecule has 0 bridgehead atoms. The van der Waals surface area contributed by atoms with E-state index in [1.807, 2.05) is 63.4 Å². The van der Waals surface area contributed by atoms with Crippen molar-refractivity contribution in [3.8, 4) is 0 Å². The number of fused-ring (bicyclic) bond motifs is 1. The molecule has 0 unspecified atom stereocenters. The van der Waals surface area contributed by atoms with Gasteiger partial charge in [0.1, 0.15) is 6.04 Å². The zero-order chi connectivity index (χ0) is 23.4. The molecule has 0 saturated heterocycles. The van der Waals surface area contributed by atoms with Crippen LogP contribution in [0, 0.1) is 20.8 Å². The number of hydrogen-bond acceptors (Lipinski definition) is 3. The van der Waals surface area contributed by atoms with Crippen molar-refractivity contribution in [3.63, 3.8) is 0 Å². The van der Waals surface area contributed by atoms with Crippen molar-refractivity contribution in [3.05, 3.63) is 64.8 Å². The average molecular weight is 436 g/mol. The Balaban J connectivity index is 1.72. The molecule has 3 aromatic rings. The standard InChI is InChI=1S/C24H29N5O3/c1-14-9-15(2)22(16(3)10-14)28-21(30)13-29(4)23(31)20(27-24(25)32)11-17-12-26-19-8-6-5-7-18(17)19/h5-10,12,20,26H,11,13H2,1-4H3,(H,28,30)(H3,25,27,32)/t20-/m0/s1. The number of likely N-dealkylation sites (N-methyl/N-ethyl adjacent to an activating group) is 1. The molecule has 3 rings (SSSR count). The highest BCUT2D eigenvalue weighted by atomic mass is 16.2. The van der Waals surface area contributed by atoms with Gasteiger partial charge in [0.2, 0.25) is 11.8 Å². The Bertz CT molecular complexity index is 1140. The van der Waals surface area contributed by atoms with Crippen molar-refractivity contribution in [2.24, 2.45) is 5.73 Å². The van der Waals surface area contributed by atoms with Gasteiger partial charge in [-0.1, -0.05) is 35.9 Å². The molecular formula is C24H29N5O3. The second-order valence-electron chi connectivity index (χ2n) is 8.14. The van der Waals surface area contributed by atoms with Gasteiger partial charge in [-0.3, -0.25) is 9.59 Å². The number of aryl methyl sites for hydroxylation is 3.